The monoisotopic (exact) mass is 285 g/mol. The second kappa shape index (κ2) is 6.94. The minimum Gasteiger partial charge on any atom is -0.320 e. The average molecular weight is 285 g/mol. The third-order valence-corrected chi connectivity index (χ3v) is 3.46. The number of thioether (sulfide) groups is 1. The maximum atomic E-state index is 11.3. The van der Waals surface area contributed by atoms with Gasteiger partial charge in [0.15, 0.2) is 5.16 Å². The Kier molecular flexibility index (Phi) is 4.99. The lowest BCUT2D eigenvalue weighted by Crippen LogP contribution is -2.08. The Balaban J connectivity index is 2.02. The molecule has 0 saturated carbocycles. The van der Waals surface area contributed by atoms with Gasteiger partial charge in [0.25, 0.3) is 5.56 Å². The van der Waals surface area contributed by atoms with E-state index in [0.717, 1.165) is 22.6 Å². The van der Waals surface area contributed by atoms with E-state index in [-0.39, 0.29) is 5.56 Å². The van der Waals surface area contributed by atoms with Crippen molar-refractivity contribution in [2.45, 2.75) is 17.8 Å². The largest absolute Gasteiger partial charge is 0.320 e. The second-order valence-corrected chi connectivity index (χ2v) is 5.15. The summed E-state index contributed by atoms with van der Waals surface area (Å²) in [5.74, 6) is 6.54. The number of nitrogens with zero attached hydrogens (tertiary/aromatic N) is 1. The summed E-state index contributed by atoms with van der Waals surface area (Å²) in [4.78, 5) is 18.3. The molecule has 0 bridgehead atoms. The number of nitrogens with one attached hydrogen (secondary N) is 1. The number of aromatic nitrogens is 2. The minimum absolute atomic E-state index is 0.118. The first-order valence-electron chi connectivity index (χ1n) is 6.16. The maximum absolute atomic E-state index is 11.3. The van der Waals surface area contributed by atoms with Gasteiger partial charge in [0.1, 0.15) is 0 Å². The highest BCUT2D eigenvalue weighted by atomic mass is 32.2. The first-order chi connectivity index (χ1) is 9.67. The molecule has 5 heteroatoms. The van der Waals surface area contributed by atoms with E-state index in [1.54, 1.807) is 0 Å². The van der Waals surface area contributed by atoms with Crippen LogP contribution >= 0.6 is 11.8 Å². The van der Waals surface area contributed by atoms with Gasteiger partial charge in [0.2, 0.25) is 0 Å². The minimum atomic E-state index is -0.118. The van der Waals surface area contributed by atoms with Crippen molar-refractivity contribution < 1.29 is 0 Å². The Morgan fingerprint density at radius 2 is 2.10 bits per heavy atom. The number of hydrogen-bond acceptors (Lipinski definition) is 4. The van der Waals surface area contributed by atoms with Gasteiger partial charge in [-0.2, -0.15) is 0 Å². The van der Waals surface area contributed by atoms with Crippen LogP contribution in [-0.4, -0.2) is 16.5 Å². The first kappa shape index (κ1) is 14.4. The summed E-state index contributed by atoms with van der Waals surface area (Å²) in [5.41, 5.74) is 8.04. The molecule has 2 rings (SSSR count). The van der Waals surface area contributed by atoms with Crippen LogP contribution in [0.1, 0.15) is 16.8 Å². The molecule has 3 N–H and O–H groups in total. The zero-order valence-electron chi connectivity index (χ0n) is 11.1. The summed E-state index contributed by atoms with van der Waals surface area (Å²) in [6.45, 7) is 2.17. The Morgan fingerprint density at radius 1 is 1.35 bits per heavy atom. The molecule has 4 nitrogen and oxygen atoms in total. The van der Waals surface area contributed by atoms with Gasteiger partial charge in [-0.05, 0) is 24.6 Å². The van der Waals surface area contributed by atoms with E-state index >= 15 is 0 Å². The van der Waals surface area contributed by atoms with Crippen molar-refractivity contribution in [3.63, 3.8) is 0 Å². The zero-order chi connectivity index (χ0) is 14.4. The van der Waals surface area contributed by atoms with Crippen molar-refractivity contribution in [1.29, 1.82) is 0 Å². The van der Waals surface area contributed by atoms with E-state index in [1.165, 1.54) is 17.8 Å². The SMILES string of the molecule is Cc1cc(=O)[nH]c(SCc2ccc(C#CCN)cc2)n1. The lowest BCUT2D eigenvalue weighted by molar-refractivity contribution is 0.905. The van der Waals surface area contributed by atoms with Crippen molar-refractivity contribution in [2.24, 2.45) is 5.73 Å². The quantitative estimate of drug-likeness (QED) is 0.511. The molecule has 0 unspecified atom stereocenters. The Labute approximate surface area is 121 Å². The molecule has 102 valence electrons. The number of aryl methyl sites for hydroxylation is 1. The van der Waals surface area contributed by atoms with Crippen LogP contribution in [0.4, 0.5) is 0 Å². The average Bonchev–Trinajstić information content (AvgIpc) is 2.43. The predicted octanol–water partition coefficient (Wildman–Crippen LogP) is 1.68. The number of aromatic amines is 1. The number of rotatable bonds is 3. The number of benzene rings is 1. The predicted molar refractivity (Wildman–Crippen MR) is 81.5 cm³/mol. The number of H-pyrrole nitrogens is 1. The van der Waals surface area contributed by atoms with Gasteiger partial charge < -0.3 is 10.7 Å². The molecule has 0 atom stereocenters. The number of hydrogen-bond donors (Lipinski definition) is 2. The van der Waals surface area contributed by atoms with Gasteiger partial charge in [0.05, 0.1) is 6.54 Å². The van der Waals surface area contributed by atoms with Crippen molar-refractivity contribution in [1.82, 2.24) is 9.97 Å². The molecule has 0 saturated heterocycles. The van der Waals surface area contributed by atoms with E-state index < -0.39 is 0 Å². The summed E-state index contributed by atoms with van der Waals surface area (Å²) in [6.07, 6.45) is 0. The third-order valence-electron chi connectivity index (χ3n) is 2.51. The van der Waals surface area contributed by atoms with Crippen molar-refractivity contribution in [3.8, 4) is 11.8 Å². The normalized spacial score (nSPS) is 9.90. The van der Waals surface area contributed by atoms with E-state index in [0.29, 0.717) is 11.7 Å². The lowest BCUT2D eigenvalue weighted by Gasteiger charge is -2.02. The summed E-state index contributed by atoms with van der Waals surface area (Å²) in [5, 5.41) is 0.641. The van der Waals surface area contributed by atoms with Gasteiger partial charge in [-0.3, -0.25) is 4.79 Å². The number of nitrogens with two attached hydrogens (primary N) is 1. The fourth-order valence-electron chi connectivity index (χ4n) is 1.61. The van der Waals surface area contributed by atoms with Gasteiger partial charge in [-0.15, -0.1) is 0 Å². The zero-order valence-corrected chi connectivity index (χ0v) is 12.0. The molecule has 0 spiro atoms. The lowest BCUT2D eigenvalue weighted by atomic mass is 10.1. The van der Waals surface area contributed by atoms with Crippen LogP contribution in [0.3, 0.4) is 0 Å². The summed E-state index contributed by atoms with van der Waals surface area (Å²) in [7, 11) is 0. The highest BCUT2D eigenvalue weighted by molar-refractivity contribution is 7.98. The Hall–Kier alpha value is -2.03. The molecule has 1 heterocycles. The van der Waals surface area contributed by atoms with E-state index in [9.17, 15) is 4.79 Å². The molecular weight excluding hydrogens is 270 g/mol. The van der Waals surface area contributed by atoms with Crippen LogP contribution in [0.2, 0.25) is 0 Å². The molecule has 0 fully saturated rings. The molecule has 0 radical (unpaired) electrons. The molecule has 20 heavy (non-hydrogen) atoms. The van der Waals surface area contributed by atoms with Crippen LogP contribution in [-0.2, 0) is 5.75 Å². The second-order valence-electron chi connectivity index (χ2n) is 4.18. The summed E-state index contributed by atoms with van der Waals surface area (Å²) >= 11 is 1.50. The van der Waals surface area contributed by atoms with Crippen LogP contribution < -0.4 is 11.3 Å². The highest BCUT2D eigenvalue weighted by Gasteiger charge is 2.00. The van der Waals surface area contributed by atoms with E-state index in [2.05, 4.69) is 21.8 Å². The smallest absolute Gasteiger partial charge is 0.251 e. The molecule has 1 aromatic carbocycles. The van der Waals surface area contributed by atoms with Crippen molar-refractivity contribution in [2.75, 3.05) is 6.54 Å². The topological polar surface area (TPSA) is 71.8 Å². The third kappa shape index (κ3) is 4.26. The standard InChI is InChI=1S/C15H15N3OS/c1-11-9-14(19)18-15(17-11)20-10-13-6-4-12(5-7-13)3-2-8-16/h4-7,9H,8,10,16H2,1H3,(H,17,18,19). The summed E-state index contributed by atoms with van der Waals surface area (Å²) in [6, 6.07) is 9.44. The van der Waals surface area contributed by atoms with Gasteiger partial charge in [-0.25, -0.2) is 4.98 Å². The van der Waals surface area contributed by atoms with Crippen LogP contribution in [0.15, 0.2) is 40.3 Å². The van der Waals surface area contributed by atoms with Crippen molar-refractivity contribution >= 4 is 11.8 Å². The highest BCUT2D eigenvalue weighted by Crippen LogP contribution is 2.18. The molecule has 1 aromatic heterocycles. The molecule has 0 amide bonds. The van der Waals surface area contributed by atoms with Gasteiger partial charge >= 0.3 is 0 Å². The van der Waals surface area contributed by atoms with Gasteiger partial charge in [0, 0.05) is 23.1 Å². The van der Waals surface area contributed by atoms with E-state index in [1.807, 2.05) is 31.2 Å². The summed E-state index contributed by atoms with van der Waals surface area (Å²) < 4.78 is 0. The van der Waals surface area contributed by atoms with Crippen LogP contribution in [0.25, 0.3) is 0 Å². The fraction of sp³-hybridized carbons (Fsp3) is 0.200. The maximum Gasteiger partial charge on any atom is 0.251 e. The molecular formula is C15H15N3OS. The molecule has 0 aliphatic heterocycles. The van der Waals surface area contributed by atoms with Crippen LogP contribution in [0.5, 0.6) is 0 Å². The molecule has 2 aromatic rings. The van der Waals surface area contributed by atoms with Crippen LogP contribution in [0, 0.1) is 18.8 Å². The molecule has 0 aliphatic carbocycles. The fourth-order valence-corrected chi connectivity index (χ4v) is 2.49. The Morgan fingerprint density at radius 3 is 2.75 bits per heavy atom. The Bertz CT molecular complexity index is 696. The first-order valence-corrected chi connectivity index (χ1v) is 7.14. The van der Waals surface area contributed by atoms with Gasteiger partial charge in [-0.1, -0.05) is 35.7 Å². The van der Waals surface area contributed by atoms with Crippen molar-refractivity contribution in [3.05, 3.63) is 57.5 Å². The molecule has 0 aliphatic rings. The van der Waals surface area contributed by atoms with E-state index in [4.69, 9.17) is 5.73 Å².